The number of fused-ring (bicyclic) bond motifs is 1. The third kappa shape index (κ3) is 3.53. The molecule has 1 aromatic heterocycles. The van der Waals surface area contributed by atoms with Crippen LogP contribution in [0.1, 0.15) is 17.7 Å². The van der Waals surface area contributed by atoms with Crippen molar-refractivity contribution in [3.8, 4) is 0 Å². The van der Waals surface area contributed by atoms with Crippen LogP contribution in [0.15, 0.2) is 54.6 Å². The van der Waals surface area contributed by atoms with E-state index in [2.05, 4.69) is 10.2 Å². The highest BCUT2D eigenvalue weighted by Gasteiger charge is 2.43. The molecule has 2 heterocycles. The molecular weight excluding hydrogens is 354 g/mol. The minimum atomic E-state index is -0.745. The number of likely N-dealkylation sites (tertiary alicyclic amines) is 1. The van der Waals surface area contributed by atoms with Crippen LogP contribution in [0.4, 0.5) is 0 Å². The first kappa shape index (κ1) is 18.7. The van der Waals surface area contributed by atoms with Gasteiger partial charge in [0.1, 0.15) is 0 Å². The maximum atomic E-state index is 13.0. The zero-order valence-electron chi connectivity index (χ0n) is 15.7. The van der Waals surface area contributed by atoms with Crippen molar-refractivity contribution in [2.75, 3.05) is 19.7 Å². The van der Waals surface area contributed by atoms with Crippen molar-refractivity contribution in [3.63, 3.8) is 0 Å². The highest BCUT2D eigenvalue weighted by atomic mass is 16.3. The van der Waals surface area contributed by atoms with Crippen molar-refractivity contribution >= 4 is 16.8 Å². The molecule has 1 aliphatic rings. The van der Waals surface area contributed by atoms with Crippen LogP contribution < -0.4 is 0 Å². The number of nitrogens with zero attached hydrogens (tertiary/aromatic N) is 2. The van der Waals surface area contributed by atoms with Gasteiger partial charge in [-0.3, -0.25) is 9.89 Å². The summed E-state index contributed by atoms with van der Waals surface area (Å²) in [4.78, 5) is 14.8. The van der Waals surface area contributed by atoms with Gasteiger partial charge in [-0.25, -0.2) is 0 Å². The maximum absolute atomic E-state index is 13.0. The van der Waals surface area contributed by atoms with Crippen molar-refractivity contribution in [1.29, 1.82) is 0 Å². The number of aliphatic hydroxyl groups excluding tert-OH is 2. The van der Waals surface area contributed by atoms with Crippen LogP contribution in [0, 0.1) is 5.41 Å². The molecule has 0 bridgehead atoms. The highest BCUT2D eigenvalue weighted by Crippen LogP contribution is 2.34. The van der Waals surface area contributed by atoms with Gasteiger partial charge in [0.05, 0.1) is 30.3 Å². The Labute approximate surface area is 163 Å². The lowest BCUT2D eigenvalue weighted by molar-refractivity contribution is -0.141. The third-order valence-corrected chi connectivity index (χ3v) is 5.82. The minimum absolute atomic E-state index is 0.0211. The Bertz CT molecular complexity index is 956. The number of aromatic nitrogens is 2. The van der Waals surface area contributed by atoms with Gasteiger partial charge in [0.25, 0.3) is 0 Å². The van der Waals surface area contributed by atoms with Crippen LogP contribution >= 0.6 is 0 Å². The van der Waals surface area contributed by atoms with Gasteiger partial charge in [0.2, 0.25) is 5.91 Å². The number of piperidine rings is 1. The normalized spacial score (nSPS) is 22.5. The summed E-state index contributed by atoms with van der Waals surface area (Å²) in [7, 11) is 0. The number of benzene rings is 2. The number of H-pyrrole nitrogens is 1. The SMILES string of the molecule is O=C(Cc1[nH]nc2ccccc12)N1CC[C@H](O)[C@](CO)(Cc2ccccc2)C1. The molecule has 0 saturated carbocycles. The van der Waals surface area contributed by atoms with Crippen molar-refractivity contribution < 1.29 is 15.0 Å². The van der Waals surface area contributed by atoms with Crippen molar-refractivity contribution in [1.82, 2.24) is 15.1 Å². The van der Waals surface area contributed by atoms with Crippen molar-refractivity contribution in [2.45, 2.75) is 25.4 Å². The molecule has 0 aliphatic carbocycles. The number of nitrogens with one attached hydrogen (secondary N) is 1. The lowest BCUT2D eigenvalue weighted by atomic mass is 9.73. The lowest BCUT2D eigenvalue weighted by Gasteiger charge is -2.45. The van der Waals surface area contributed by atoms with E-state index in [0.717, 1.165) is 22.2 Å². The van der Waals surface area contributed by atoms with Crippen LogP contribution in [-0.4, -0.2) is 57.0 Å². The first-order valence-electron chi connectivity index (χ1n) is 9.64. The van der Waals surface area contributed by atoms with E-state index in [9.17, 15) is 15.0 Å². The molecule has 6 nitrogen and oxygen atoms in total. The van der Waals surface area contributed by atoms with Gasteiger partial charge in [-0.2, -0.15) is 5.10 Å². The van der Waals surface area contributed by atoms with Crippen LogP contribution in [-0.2, 0) is 17.6 Å². The summed E-state index contributed by atoms with van der Waals surface area (Å²) in [6.07, 6.45) is 0.573. The Balaban J connectivity index is 1.52. The molecular formula is C22H25N3O3. The molecule has 28 heavy (non-hydrogen) atoms. The highest BCUT2D eigenvalue weighted by molar-refractivity contribution is 5.87. The molecule has 1 fully saturated rings. The molecule has 4 rings (SSSR count). The van der Waals surface area contributed by atoms with Gasteiger partial charge in [0, 0.05) is 23.9 Å². The molecule has 3 aromatic rings. The number of rotatable bonds is 5. The summed E-state index contributed by atoms with van der Waals surface area (Å²) in [5.41, 5.74) is 1.94. The Hall–Kier alpha value is -2.70. The standard InChI is InChI=1S/C22H25N3O3/c26-15-22(13-16-6-2-1-3-7-16)14-25(11-10-20(22)27)21(28)12-19-17-8-4-5-9-18(17)23-24-19/h1-9,20,26-27H,10-15H2,(H,23,24)/t20-,22+/m0/s1. The van der Waals surface area contributed by atoms with Crippen LogP contribution in [0.25, 0.3) is 10.9 Å². The Morgan fingerprint density at radius 2 is 1.93 bits per heavy atom. The van der Waals surface area contributed by atoms with E-state index in [-0.39, 0.29) is 18.9 Å². The topological polar surface area (TPSA) is 89.5 Å². The zero-order chi connectivity index (χ0) is 19.6. The molecule has 2 aromatic carbocycles. The van der Waals surface area contributed by atoms with E-state index in [4.69, 9.17) is 0 Å². The molecule has 0 spiro atoms. The number of para-hydroxylation sites is 1. The molecule has 146 valence electrons. The van der Waals surface area contributed by atoms with Gasteiger partial charge in [0.15, 0.2) is 0 Å². The number of hydrogen-bond donors (Lipinski definition) is 3. The summed E-state index contributed by atoms with van der Waals surface area (Å²) in [6.45, 7) is 0.660. The third-order valence-electron chi connectivity index (χ3n) is 5.82. The zero-order valence-corrected chi connectivity index (χ0v) is 15.7. The molecule has 6 heteroatoms. The molecule has 2 atom stereocenters. The first-order valence-corrected chi connectivity index (χ1v) is 9.64. The molecule has 0 unspecified atom stereocenters. The number of aromatic amines is 1. The van der Waals surface area contributed by atoms with Crippen molar-refractivity contribution in [2.24, 2.45) is 5.41 Å². The predicted octanol–water partition coefficient (Wildman–Crippen LogP) is 1.92. The van der Waals surface area contributed by atoms with Gasteiger partial charge < -0.3 is 15.1 Å². The molecule has 0 radical (unpaired) electrons. The van der Waals surface area contributed by atoms with Gasteiger partial charge in [-0.1, -0.05) is 48.5 Å². The fourth-order valence-electron chi connectivity index (χ4n) is 4.16. The second kappa shape index (κ2) is 7.73. The molecule has 1 aliphatic heterocycles. The van der Waals surface area contributed by atoms with Gasteiger partial charge in [-0.05, 0) is 24.5 Å². The number of hydrogen-bond acceptors (Lipinski definition) is 4. The summed E-state index contributed by atoms with van der Waals surface area (Å²) < 4.78 is 0. The fourth-order valence-corrected chi connectivity index (χ4v) is 4.16. The largest absolute Gasteiger partial charge is 0.396 e. The smallest absolute Gasteiger partial charge is 0.228 e. The van der Waals surface area contributed by atoms with E-state index in [1.54, 1.807) is 4.90 Å². The Morgan fingerprint density at radius 3 is 2.71 bits per heavy atom. The number of aliphatic hydroxyl groups is 2. The van der Waals surface area contributed by atoms with Gasteiger partial charge in [-0.15, -0.1) is 0 Å². The average Bonchev–Trinajstić information content (AvgIpc) is 3.13. The summed E-state index contributed by atoms with van der Waals surface area (Å²) in [5, 5.41) is 29.0. The van der Waals surface area contributed by atoms with Crippen LogP contribution in [0.5, 0.6) is 0 Å². The number of amides is 1. The van der Waals surface area contributed by atoms with Gasteiger partial charge >= 0.3 is 0 Å². The van der Waals surface area contributed by atoms with E-state index >= 15 is 0 Å². The second-order valence-electron chi connectivity index (χ2n) is 7.70. The second-order valence-corrected chi connectivity index (χ2v) is 7.70. The Kier molecular flexibility index (Phi) is 5.15. The van der Waals surface area contributed by atoms with E-state index in [1.165, 1.54) is 0 Å². The maximum Gasteiger partial charge on any atom is 0.228 e. The molecule has 3 N–H and O–H groups in total. The Morgan fingerprint density at radius 1 is 1.18 bits per heavy atom. The van der Waals surface area contributed by atoms with E-state index < -0.39 is 11.5 Å². The quantitative estimate of drug-likeness (QED) is 0.632. The van der Waals surface area contributed by atoms with Crippen LogP contribution in [0.2, 0.25) is 0 Å². The summed E-state index contributed by atoms with van der Waals surface area (Å²) >= 11 is 0. The number of carbonyl (C=O) groups is 1. The predicted molar refractivity (Wildman–Crippen MR) is 107 cm³/mol. The minimum Gasteiger partial charge on any atom is -0.396 e. The first-order chi connectivity index (χ1) is 13.6. The summed E-state index contributed by atoms with van der Waals surface area (Å²) in [5.74, 6) is -0.0211. The fraction of sp³-hybridized carbons (Fsp3) is 0.364. The summed E-state index contributed by atoms with van der Waals surface area (Å²) in [6, 6.07) is 17.5. The van der Waals surface area contributed by atoms with Crippen molar-refractivity contribution in [3.05, 3.63) is 65.9 Å². The molecule has 1 saturated heterocycles. The average molecular weight is 379 g/mol. The van der Waals surface area contributed by atoms with E-state index in [0.29, 0.717) is 25.9 Å². The monoisotopic (exact) mass is 379 g/mol. The lowest BCUT2D eigenvalue weighted by Crippen LogP contribution is -2.56. The molecule has 1 amide bonds. The van der Waals surface area contributed by atoms with Crippen LogP contribution in [0.3, 0.4) is 0 Å². The number of carbonyl (C=O) groups excluding carboxylic acids is 1. The van der Waals surface area contributed by atoms with E-state index in [1.807, 2.05) is 54.6 Å².